The van der Waals surface area contributed by atoms with Crippen LogP contribution >= 0.6 is 24.8 Å². The van der Waals surface area contributed by atoms with Gasteiger partial charge in [0.1, 0.15) is 0 Å². The van der Waals surface area contributed by atoms with E-state index < -0.39 is 0 Å². The molecule has 2 saturated heterocycles. The number of piperidine rings is 2. The van der Waals surface area contributed by atoms with Crippen molar-refractivity contribution >= 4 is 30.5 Å². The quantitative estimate of drug-likeness (QED) is 0.806. The minimum atomic E-state index is -0.187. The van der Waals surface area contributed by atoms with Crippen LogP contribution in [0.5, 0.6) is 0 Å². The van der Waals surface area contributed by atoms with Crippen LogP contribution in [0.4, 0.5) is 0 Å². The Balaban J connectivity index is 0.00000121. The number of aliphatic hydroxyl groups is 1. The van der Waals surface area contributed by atoms with Crippen molar-refractivity contribution in [2.45, 2.75) is 45.8 Å². The minimum Gasteiger partial charge on any atom is -0.392 e. The predicted octanol–water partition coefficient (Wildman–Crippen LogP) is 2.13. The molecule has 2 atom stereocenters. The van der Waals surface area contributed by atoms with Crippen molar-refractivity contribution < 1.29 is 5.11 Å². The number of halogens is 2. The maximum Gasteiger partial charge on any atom is 0.159 e. The van der Waals surface area contributed by atoms with E-state index >= 15 is 0 Å². The molecule has 4 heterocycles. The van der Waals surface area contributed by atoms with Crippen molar-refractivity contribution in [3.8, 4) is 0 Å². The topological polar surface area (TPSA) is 65.7 Å². The fourth-order valence-electron chi connectivity index (χ4n) is 4.48. The summed E-state index contributed by atoms with van der Waals surface area (Å²) in [7, 11) is 0. The number of aromatic nitrogens is 3. The van der Waals surface area contributed by atoms with E-state index in [4.69, 9.17) is 4.98 Å². The highest BCUT2D eigenvalue weighted by Gasteiger charge is 2.43. The molecule has 0 aromatic carbocycles. The van der Waals surface area contributed by atoms with E-state index in [2.05, 4.69) is 28.3 Å². The fourth-order valence-corrected chi connectivity index (χ4v) is 4.48. The molecule has 4 rings (SSSR count). The Hall–Kier alpha value is -0.920. The largest absolute Gasteiger partial charge is 0.392 e. The molecule has 0 radical (unpaired) electrons. The summed E-state index contributed by atoms with van der Waals surface area (Å²) < 4.78 is 1.93. The molecule has 2 fully saturated rings. The fraction of sp³-hybridized carbons (Fsp3) is 0.667. The van der Waals surface area contributed by atoms with Crippen LogP contribution in [0.15, 0.2) is 12.3 Å². The van der Waals surface area contributed by atoms with Gasteiger partial charge in [0, 0.05) is 42.0 Å². The van der Waals surface area contributed by atoms with Gasteiger partial charge in [0.25, 0.3) is 0 Å². The molecule has 0 amide bonds. The third-order valence-electron chi connectivity index (χ3n) is 5.71. The lowest BCUT2D eigenvalue weighted by Gasteiger charge is -2.48. The summed E-state index contributed by atoms with van der Waals surface area (Å²) in [6.45, 7) is 8.84. The second-order valence-corrected chi connectivity index (χ2v) is 7.60. The number of nitrogens with zero attached hydrogens (tertiary/aromatic N) is 4. The van der Waals surface area contributed by atoms with E-state index in [9.17, 15) is 5.11 Å². The summed E-state index contributed by atoms with van der Waals surface area (Å²) in [5, 5.41) is 18.6. The van der Waals surface area contributed by atoms with E-state index in [0.717, 1.165) is 69.0 Å². The Morgan fingerprint density at radius 3 is 2.92 bits per heavy atom. The molecule has 2 N–H and O–H groups in total. The molecular weight excluding hydrogens is 373 g/mol. The molecule has 2 aromatic rings. The van der Waals surface area contributed by atoms with E-state index in [1.165, 1.54) is 5.56 Å². The van der Waals surface area contributed by atoms with Crippen LogP contribution in [0, 0.1) is 19.3 Å². The first-order chi connectivity index (χ1) is 11.6. The number of nitrogens with one attached hydrogen (secondary N) is 1. The summed E-state index contributed by atoms with van der Waals surface area (Å²) in [6, 6.07) is 2.06. The van der Waals surface area contributed by atoms with Gasteiger partial charge in [-0.25, -0.2) is 9.50 Å². The summed E-state index contributed by atoms with van der Waals surface area (Å²) in [6.07, 6.45) is 4.88. The van der Waals surface area contributed by atoms with Gasteiger partial charge in [-0.3, -0.25) is 4.90 Å². The second kappa shape index (κ2) is 8.40. The smallest absolute Gasteiger partial charge is 0.159 e. The van der Waals surface area contributed by atoms with Crippen molar-refractivity contribution in [2.24, 2.45) is 5.41 Å². The van der Waals surface area contributed by atoms with Crippen LogP contribution in [0.1, 0.15) is 36.2 Å². The van der Waals surface area contributed by atoms with Gasteiger partial charge >= 0.3 is 0 Å². The summed E-state index contributed by atoms with van der Waals surface area (Å²) in [5.41, 5.74) is 4.31. The SMILES string of the molecule is Cc1cc(C)n2ncc(CN3CCC[C@]4(CNCC[C@@H]4O)C3)c2n1.Cl.Cl. The Labute approximate surface area is 167 Å². The van der Waals surface area contributed by atoms with Crippen molar-refractivity contribution in [2.75, 3.05) is 26.2 Å². The molecule has 2 aliphatic rings. The van der Waals surface area contributed by atoms with Gasteiger partial charge in [-0.2, -0.15) is 5.10 Å². The standard InChI is InChI=1S/C18H27N5O.2ClH/c1-13-8-14(2)23-17(21-13)15(9-20-23)10-22-7-3-5-18(12-22)11-19-6-4-16(18)24;;/h8-9,16,19,24H,3-7,10-12H2,1-2H3;2*1H/t16-,18-;;/m0../s1. The first-order valence-electron chi connectivity index (χ1n) is 8.99. The van der Waals surface area contributed by atoms with Gasteiger partial charge in [0.2, 0.25) is 0 Å². The average Bonchev–Trinajstić information content (AvgIpc) is 2.94. The highest BCUT2D eigenvalue weighted by atomic mass is 35.5. The molecule has 0 aliphatic carbocycles. The monoisotopic (exact) mass is 401 g/mol. The van der Waals surface area contributed by atoms with Crippen LogP contribution in [0.3, 0.4) is 0 Å². The lowest BCUT2D eigenvalue weighted by Crippen LogP contribution is -2.57. The Bertz CT molecular complexity index is 749. The van der Waals surface area contributed by atoms with E-state index in [-0.39, 0.29) is 36.3 Å². The highest BCUT2D eigenvalue weighted by Crippen LogP contribution is 2.36. The molecule has 2 aliphatic heterocycles. The van der Waals surface area contributed by atoms with Crippen LogP contribution < -0.4 is 5.32 Å². The van der Waals surface area contributed by atoms with E-state index in [1.54, 1.807) is 0 Å². The molecule has 0 unspecified atom stereocenters. The van der Waals surface area contributed by atoms with Gasteiger partial charge in [0.05, 0.1) is 12.3 Å². The van der Waals surface area contributed by atoms with Crippen molar-refractivity contribution in [1.82, 2.24) is 24.8 Å². The molecular formula is C18H29Cl2N5O. The van der Waals surface area contributed by atoms with Crippen molar-refractivity contribution in [3.63, 3.8) is 0 Å². The van der Waals surface area contributed by atoms with Crippen LogP contribution in [0.25, 0.3) is 5.65 Å². The van der Waals surface area contributed by atoms with Crippen molar-refractivity contribution in [3.05, 3.63) is 29.2 Å². The normalized spacial score (nSPS) is 26.5. The number of likely N-dealkylation sites (tertiary alicyclic amines) is 1. The first-order valence-corrected chi connectivity index (χ1v) is 8.99. The Morgan fingerprint density at radius 2 is 2.15 bits per heavy atom. The minimum absolute atomic E-state index is 0. The Kier molecular flexibility index (Phi) is 6.91. The molecule has 1 spiro atoms. The summed E-state index contributed by atoms with van der Waals surface area (Å²) in [5.74, 6) is 0. The molecule has 0 saturated carbocycles. The second-order valence-electron chi connectivity index (χ2n) is 7.60. The number of hydrogen-bond acceptors (Lipinski definition) is 5. The number of rotatable bonds is 2. The number of fused-ring (bicyclic) bond motifs is 1. The maximum absolute atomic E-state index is 10.6. The number of aryl methyl sites for hydroxylation is 2. The zero-order valence-corrected chi connectivity index (χ0v) is 17.1. The summed E-state index contributed by atoms with van der Waals surface area (Å²) in [4.78, 5) is 7.16. The summed E-state index contributed by atoms with van der Waals surface area (Å²) >= 11 is 0. The lowest BCUT2D eigenvalue weighted by molar-refractivity contribution is -0.0513. The molecule has 146 valence electrons. The third-order valence-corrected chi connectivity index (χ3v) is 5.71. The number of aliphatic hydroxyl groups excluding tert-OH is 1. The van der Waals surface area contributed by atoms with Crippen LogP contribution in [-0.4, -0.2) is 56.9 Å². The zero-order chi connectivity index (χ0) is 16.7. The van der Waals surface area contributed by atoms with Gasteiger partial charge in [-0.15, -0.1) is 24.8 Å². The predicted molar refractivity (Wildman–Crippen MR) is 107 cm³/mol. The molecule has 2 aromatic heterocycles. The maximum atomic E-state index is 10.6. The van der Waals surface area contributed by atoms with Gasteiger partial charge in [0.15, 0.2) is 5.65 Å². The molecule has 8 heteroatoms. The third kappa shape index (κ3) is 3.85. The zero-order valence-electron chi connectivity index (χ0n) is 15.4. The Morgan fingerprint density at radius 1 is 1.35 bits per heavy atom. The van der Waals surface area contributed by atoms with Crippen LogP contribution in [0.2, 0.25) is 0 Å². The van der Waals surface area contributed by atoms with Gasteiger partial charge < -0.3 is 10.4 Å². The lowest BCUT2D eigenvalue weighted by atomic mass is 9.72. The molecule has 26 heavy (non-hydrogen) atoms. The van der Waals surface area contributed by atoms with Crippen LogP contribution in [-0.2, 0) is 6.54 Å². The van der Waals surface area contributed by atoms with E-state index in [1.807, 2.05) is 17.6 Å². The number of hydrogen-bond donors (Lipinski definition) is 2. The molecule has 0 bridgehead atoms. The average molecular weight is 402 g/mol. The van der Waals surface area contributed by atoms with Gasteiger partial charge in [-0.1, -0.05) is 0 Å². The van der Waals surface area contributed by atoms with E-state index in [0.29, 0.717) is 0 Å². The molecule has 6 nitrogen and oxygen atoms in total. The first kappa shape index (κ1) is 21.4. The van der Waals surface area contributed by atoms with Gasteiger partial charge in [-0.05, 0) is 52.3 Å². The van der Waals surface area contributed by atoms with Crippen molar-refractivity contribution in [1.29, 1.82) is 0 Å². The highest BCUT2D eigenvalue weighted by molar-refractivity contribution is 5.85.